The van der Waals surface area contributed by atoms with Crippen LogP contribution in [0.2, 0.25) is 0 Å². The standard InChI is InChI=1S/C23H21NO3/c25-22(26)23(10-11-23)20-8-9-21(18-6-2-1-3-7-18)19(13-20)16-27-15-17-5-4-12-24-14-17/h1-9,12-14H,10-11,15-16H2,(H,25,26). The molecule has 0 spiro atoms. The first-order valence-corrected chi connectivity index (χ1v) is 9.08. The lowest BCUT2D eigenvalue weighted by Crippen LogP contribution is -2.19. The van der Waals surface area contributed by atoms with E-state index in [1.165, 1.54) is 0 Å². The Morgan fingerprint density at radius 3 is 2.52 bits per heavy atom. The Labute approximate surface area is 158 Å². The number of carboxylic acids is 1. The monoisotopic (exact) mass is 359 g/mol. The van der Waals surface area contributed by atoms with E-state index in [0.29, 0.717) is 26.1 Å². The smallest absolute Gasteiger partial charge is 0.314 e. The van der Waals surface area contributed by atoms with Crippen LogP contribution < -0.4 is 0 Å². The van der Waals surface area contributed by atoms with Gasteiger partial charge in [-0.3, -0.25) is 9.78 Å². The third-order valence-corrected chi connectivity index (χ3v) is 5.15. The Morgan fingerprint density at radius 2 is 1.85 bits per heavy atom. The zero-order valence-electron chi connectivity index (χ0n) is 15.0. The lowest BCUT2D eigenvalue weighted by Gasteiger charge is -2.16. The Bertz CT molecular complexity index is 934. The third kappa shape index (κ3) is 3.62. The van der Waals surface area contributed by atoms with E-state index >= 15 is 0 Å². The summed E-state index contributed by atoms with van der Waals surface area (Å²) < 4.78 is 5.93. The van der Waals surface area contributed by atoms with Gasteiger partial charge in [0, 0.05) is 12.4 Å². The molecule has 4 nitrogen and oxygen atoms in total. The highest BCUT2D eigenvalue weighted by Crippen LogP contribution is 2.49. The van der Waals surface area contributed by atoms with E-state index in [-0.39, 0.29) is 0 Å². The molecule has 0 unspecified atom stereocenters. The molecule has 0 amide bonds. The van der Waals surface area contributed by atoms with E-state index in [0.717, 1.165) is 27.8 Å². The Kier molecular flexibility index (Phi) is 4.73. The first kappa shape index (κ1) is 17.4. The summed E-state index contributed by atoms with van der Waals surface area (Å²) >= 11 is 0. The highest BCUT2D eigenvalue weighted by Gasteiger charge is 2.51. The topological polar surface area (TPSA) is 59.4 Å². The number of benzene rings is 2. The van der Waals surface area contributed by atoms with Crippen LogP contribution in [0, 0.1) is 0 Å². The predicted molar refractivity (Wildman–Crippen MR) is 103 cm³/mol. The summed E-state index contributed by atoms with van der Waals surface area (Å²) in [6.45, 7) is 0.888. The minimum absolute atomic E-state index is 0.419. The lowest BCUT2D eigenvalue weighted by atomic mass is 9.90. The van der Waals surface area contributed by atoms with Crippen molar-refractivity contribution in [1.29, 1.82) is 0 Å². The molecule has 136 valence electrons. The van der Waals surface area contributed by atoms with Gasteiger partial charge in [0.2, 0.25) is 0 Å². The molecule has 4 heteroatoms. The van der Waals surface area contributed by atoms with E-state index in [9.17, 15) is 9.90 Å². The summed E-state index contributed by atoms with van der Waals surface area (Å²) in [7, 11) is 0. The van der Waals surface area contributed by atoms with Gasteiger partial charge in [-0.2, -0.15) is 0 Å². The molecule has 1 N–H and O–H groups in total. The summed E-state index contributed by atoms with van der Waals surface area (Å²) in [6.07, 6.45) is 4.92. The molecule has 1 fully saturated rings. The van der Waals surface area contributed by atoms with E-state index in [1.54, 1.807) is 12.4 Å². The molecule has 1 heterocycles. The van der Waals surface area contributed by atoms with Crippen LogP contribution in [0.3, 0.4) is 0 Å². The van der Waals surface area contributed by atoms with Crippen molar-refractivity contribution < 1.29 is 14.6 Å². The van der Waals surface area contributed by atoms with Gasteiger partial charge in [0.15, 0.2) is 0 Å². The van der Waals surface area contributed by atoms with Gasteiger partial charge in [0.05, 0.1) is 18.6 Å². The minimum atomic E-state index is -0.739. The number of hydrogen-bond donors (Lipinski definition) is 1. The van der Waals surface area contributed by atoms with Crippen molar-refractivity contribution in [2.24, 2.45) is 0 Å². The van der Waals surface area contributed by atoms with Crippen molar-refractivity contribution in [3.05, 3.63) is 89.7 Å². The molecule has 2 aromatic carbocycles. The van der Waals surface area contributed by atoms with Crippen molar-refractivity contribution in [2.45, 2.75) is 31.5 Å². The Balaban J connectivity index is 1.62. The van der Waals surface area contributed by atoms with Gasteiger partial charge in [-0.1, -0.05) is 54.6 Å². The van der Waals surface area contributed by atoms with Gasteiger partial charge >= 0.3 is 5.97 Å². The highest BCUT2D eigenvalue weighted by molar-refractivity contribution is 5.85. The minimum Gasteiger partial charge on any atom is -0.481 e. The van der Waals surface area contributed by atoms with Crippen LogP contribution in [-0.2, 0) is 28.2 Å². The second kappa shape index (κ2) is 7.33. The molecule has 0 aliphatic heterocycles. The molecule has 1 aliphatic carbocycles. The number of rotatable bonds is 7. The van der Waals surface area contributed by atoms with Crippen molar-refractivity contribution in [3.63, 3.8) is 0 Å². The van der Waals surface area contributed by atoms with Crippen LogP contribution in [0.5, 0.6) is 0 Å². The second-order valence-corrected chi connectivity index (χ2v) is 6.98. The van der Waals surface area contributed by atoms with Gasteiger partial charge in [0.25, 0.3) is 0 Å². The Morgan fingerprint density at radius 1 is 1.04 bits per heavy atom. The van der Waals surface area contributed by atoms with Crippen LogP contribution >= 0.6 is 0 Å². The third-order valence-electron chi connectivity index (χ3n) is 5.15. The first-order chi connectivity index (χ1) is 13.2. The van der Waals surface area contributed by atoms with Gasteiger partial charge < -0.3 is 9.84 Å². The van der Waals surface area contributed by atoms with E-state index < -0.39 is 11.4 Å². The number of aromatic nitrogens is 1. The molecular weight excluding hydrogens is 338 g/mol. The molecule has 3 aromatic rings. The fraction of sp³-hybridized carbons (Fsp3) is 0.217. The van der Waals surface area contributed by atoms with Crippen molar-refractivity contribution in [1.82, 2.24) is 4.98 Å². The zero-order chi connectivity index (χ0) is 18.7. The van der Waals surface area contributed by atoms with Crippen LogP contribution in [0.1, 0.15) is 29.5 Å². The molecule has 0 bridgehead atoms. The average molecular weight is 359 g/mol. The molecule has 0 atom stereocenters. The van der Waals surface area contributed by atoms with Gasteiger partial charge in [0.1, 0.15) is 0 Å². The van der Waals surface area contributed by atoms with Crippen LogP contribution in [0.4, 0.5) is 0 Å². The largest absolute Gasteiger partial charge is 0.481 e. The maximum Gasteiger partial charge on any atom is 0.314 e. The molecule has 27 heavy (non-hydrogen) atoms. The maximum atomic E-state index is 11.7. The number of carbonyl (C=O) groups is 1. The number of pyridine rings is 1. The molecule has 1 aromatic heterocycles. The van der Waals surface area contributed by atoms with Crippen LogP contribution in [-0.4, -0.2) is 16.1 Å². The normalized spacial score (nSPS) is 14.7. The molecule has 1 saturated carbocycles. The molecule has 4 rings (SSSR count). The van der Waals surface area contributed by atoms with E-state index in [4.69, 9.17) is 4.74 Å². The van der Waals surface area contributed by atoms with E-state index in [2.05, 4.69) is 17.1 Å². The van der Waals surface area contributed by atoms with Gasteiger partial charge in [-0.25, -0.2) is 0 Å². The van der Waals surface area contributed by atoms with Gasteiger partial charge in [-0.05, 0) is 46.7 Å². The number of hydrogen-bond acceptors (Lipinski definition) is 3. The van der Waals surface area contributed by atoms with Crippen molar-refractivity contribution in [2.75, 3.05) is 0 Å². The SMILES string of the molecule is O=C(O)C1(c2ccc(-c3ccccc3)c(COCc3cccnc3)c2)CC1. The highest BCUT2D eigenvalue weighted by atomic mass is 16.5. The lowest BCUT2D eigenvalue weighted by molar-refractivity contribution is -0.140. The summed E-state index contributed by atoms with van der Waals surface area (Å²) in [5.41, 5.74) is 4.35. The van der Waals surface area contributed by atoms with Crippen LogP contribution in [0.15, 0.2) is 73.1 Å². The summed E-state index contributed by atoms with van der Waals surface area (Å²) in [5.74, 6) is -0.739. The van der Waals surface area contributed by atoms with Crippen LogP contribution in [0.25, 0.3) is 11.1 Å². The summed E-state index contributed by atoms with van der Waals surface area (Å²) in [5, 5.41) is 9.62. The van der Waals surface area contributed by atoms with E-state index in [1.807, 2.05) is 48.5 Å². The summed E-state index contributed by atoms with van der Waals surface area (Å²) in [4.78, 5) is 15.8. The molecule has 1 aliphatic rings. The first-order valence-electron chi connectivity index (χ1n) is 9.08. The maximum absolute atomic E-state index is 11.7. The average Bonchev–Trinajstić information content (AvgIpc) is 3.52. The van der Waals surface area contributed by atoms with Crippen molar-refractivity contribution >= 4 is 5.97 Å². The number of carboxylic acid groups (broad SMARTS) is 1. The molecule has 0 radical (unpaired) electrons. The summed E-state index contributed by atoms with van der Waals surface area (Å²) in [6, 6.07) is 20.0. The predicted octanol–water partition coefficient (Wildman–Crippen LogP) is 4.58. The van der Waals surface area contributed by atoms with Crippen molar-refractivity contribution in [3.8, 4) is 11.1 Å². The fourth-order valence-corrected chi connectivity index (χ4v) is 3.42. The number of nitrogens with zero attached hydrogens (tertiary/aromatic N) is 1. The quantitative estimate of drug-likeness (QED) is 0.671. The molecule has 0 saturated heterocycles. The number of aliphatic carboxylic acids is 1. The fourth-order valence-electron chi connectivity index (χ4n) is 3.42. The van der Waals surface area contributed by atoms with Gasteiger partial charge in [-0.15, -0.1) is 0 Å². The Hall–Kier alpha value is -2.98. The molecular formula is C23H21NO3. The number of ether oxygens (including phenoxy) is 1. The second-order valence-electron chi connectivity index (χ2n) is 6.98. The zero-order valence-corrected chi connectivity index (χ0v) is 15.0.